The van der Waals surface area contributed by atoms with Crippen LogP contribution < -0.4 is 0 Å². The third-order valence-electron chi connectivity index (χ3n) is 4.91. The second-order valence-corrected chi connectivity index (χ2v) is 7.13. The van der Waals surface area contributed by atoms with Gasteiger partial charge in [-0.3, -0.25) is 4.98 Å². The van der Waals surface area contributed by atoms with Gasteiger partial charge in [0, 0.05) is 16.5 Å². The molecule has 3 rings (SSSR count). The minimum atomic E-state index is -0.677. The van der Waals surface area contributed by atoms with Gasteiger partial charge < -0.3 is 5.11 Å². The molecule has 1 aromatic rings. The predicted molar refractivity (Wildman–Crippen MR) is 72.5 cm³/mol. The molecule has 1 fully saturated rings. The third-order valence-corrected chi connectivity index (χ3v) is 4.91. The zero-order chi connectivity index (χ0) is 13.2. The molecule has 2 heteroatoms. The fourth-order valence-electron chi connectivity index (χ4n) is 3.45. The lowest BCUT2D eigenvalue weighted by Gasteiger charge is -2.30. The Balaban J connectivity index is 2.13. The fourth-order valence-corrected chi connectivity index (χ4v) is 3.45. The van der Waals surface area contributed by atoms with Crippen molar-refractivity contribution in [1.29, 1.82) is 0 Å². The van der Waals surface area contributed by atoms with E-state index in [-0.39, 0.29) is 10.8 Å². The maximum atomic E-state index is 11.1. The molecule has 0 bridgehead atoms. The average Bonchev–Trinajstić information content (AvgIpc) is 3.03. The number of rotatable bonds is 1. The van der Waals surface area contributed by atoms with Crippen LogP contribution in [0.4, 0.5) is 0 Å². The summed E-state index contributed by atoms with van der Waals surface area (Å²) < 4.78 is 0. The molecule has 18 heavy (non-hydrogen) atoms. The summed E-state index contributed by atoms with van der Waals surface area (Å²) in [5, 5.41) is 11.1. The molecule has 98 valence electrons. The summed E-state index contributed by atoms with van der Waals surface area (Å²) in [6, 6.07) is 4.33. The van der Waals surface area contributed by atoms with Gasteiger partial charge >= 0.3 is 0 Å². The second-order valence-electron chi connectivity index (χ2n) is 7.13. The molecule has 1 saturated carbocycles. The Bertz CT molecular complexity index is 496. The van der Waals surface area contributed by atoms with Crippen molar-refractivity contribution >= 4 is 0 Å². The van der Waals surface area contributed by atoms with Gasteiger partial charge in [0.2, 0.25) is 0 Å². The van der Waals surface area contributed by atoms with Crippen molar-refractivity contribution < 1.29 is 5.11 Å². The lowest BCUT2D eigenvalue weighted by molar-refractivity contribution is -0.0326. The number of hydrogen-bond donors (Lipinski definition) is 1. The van der Waals surface area contributed by atoms with Crippen LogP contribution >= 0.6 is 0 Å². The largest absolute Gasteiger partial charge is 0.383 e. The highest BCUT2D eigenvalue weighted by Gasteiger charge is 2.63. The molecule has 2 nitrogen and oxygen atoms in total. The van der Waals surface area contributed by atoms with Crippen LogP contribution in [0.25, 0.3) is 0 Å². The Morgan fingerprint density at radius 3 is 2.44 bits per heavy atom. The van der Waals surface area contributed by atoms with Crippen LogP contribution in [0.1, 0.15) is 63.9 Å². The Hall–Kier alpha value is -0.890. The van der Waals surface area contributed by atoms with Crippen molar-refractivity contribution in [3.63, 3.8) is 0 Å². The highest BCUT2D eigenvalue weighted by molar-refractivity contribution is 5.41. The summed E-state index contributed by atoms with van der Waals surface area (Å²) in [5.74, 6) is 0. The van der Waals surface area contributed by atoms with E-state index in [1.54, 1.807) is 0 Å². The number of nitrogens with zero attached hydrogens (tertiary/aromatic N) is 1. The SMILES string of the molecule is CCC1(O)c2nc(C(C)(C)C)ccc2CC12CC2. The summed E-state index contributed by atoms with van der Waals surface area (Å²) in [6.45, 7) is 8.61. The van der Waals surface area contributed by atoms with Gasteiger partial charge in [0.1, 0.15) is 5.60 Å². The molecule has 1 unspecified atom stereocenters. The topological polar surface area (TPSA) is 33.1 Å². The van der Waals surface area contributed by atoms with E-state index in [9.17, 15) is 5.11 Å². The third kappa shape index (κ3) is 1.41. The zero-order valence-corrected chi connectivity index (χ0v) is 11.9. The summed E-state index contributed by atoms with van der Waals surface area (Å²) in [4.78, 5) is 4.83. The second kappa shape index (κ2) is 3.36. The lowest BCUT2D eigenvalue weighted by atomic mass is 9.84. The Labute approximate surface area is 109 Å². The van der Waals surface area contributed by atoms with Crippen molar-refractivity contribution in [2.75, 3.05) is 0 Å². The van der Waals surface area contributed by atoms with E-state index in [1.165, 1.54) is 5.56 Å². The van der Waals surface area contributed by atoms with E-state index in [4.69, 9.17) is 4.98 Å². The van der Waals surface area contributed by atoms with E-state index in [1.807, 2.05) is 0 Å². The number of aromatic nitrogens is 1. The number of pyridine rings is 1. The summed E-state index contributed by atoms with van der Waals surface area (Å²) in [6.07, 6.45) is 4.10. The van der Waals surface area contributed by atoms with Gasteiger partial charge in [-0.25, -0.2) is 0 Å². The molecule has 0 aliphatic heterocycles. The maximum absolute atomic E-state index is 11.1. The number of fused-ring (bicyclic) bond motifs is 1. The molecular formula is C16H23NO. The fraction of sp³-hybridized carbons (Fsp3) is 0.688. The summed E-state index contributed by atoms with van der Waals surface area (Å²) in [5.41, 5.74) is 2.81. The van der Waals surface area contributed by atoms with Crippen LogP contribution in [0.15, 0.2) is 12.1 Å². The molecular weight excluding hydrogens is 222 g/mol. The first kappa shape index (κ1) is 12.2. The van der Waals surface area contributed by atoms with E-state index >= 15 is 0 Å². The van der Waals surface area contributed by atoms with Crippen molar-refractivity contribution in [2.24, 2.45) is 5.41 Å². The first-order valence-electron chi connectivity index (χ1n) is 7.06. The average molecular weight is 245 g/mol. The van der Waals surface area contributed by atoms with Crippen LogP contribution in [-0.2, 0) is 17.4 Å². The van der Waals surface area contributed by atoms with Gasteiger partial charge in [-0.2, -0.15) is 0 Å². The Morgan fingerprint density at radius 2 is 1.94 bits per heavy atom. The molecule has 1 spiro atoms. The molecule has 2 aliphatic rings. The van der Waals surface area contributed by atoms with E-state index < -0.39 is 5.60 Å². The molecule has 1 heterocycles. The van der Waals surface area contributed by atoms with Crippen LogP contribution in [0.5, 0.6) is 0 Å². The monoisotopic (exact) mass is 245 g/mol. The van der Waals surface area contributed by atoms with Gasteiger partial charge in [-0.05, 0) is 37.3 Å². The van der Waals surface area contributed by atoms with Crippen LogP contribution in [0.2, 0.25) is 0 Å². The zero-order valence-electron chi connectivity index (χ0n) is 11.9. The molecule has 0 amide bonds. The van der Waals surface area contributed by atoms with Crippen molar-refractivity contribution in [3.05, 3.63) is 29.1 Å². The minimum absolute atomic E-state index is 0.0446. The number of hydrogen-bond acceptors (Lipinski definition) is 2. The van der Waals surface area contributed by atoms with Crippen molar-refractivity contribution in [1.82, 2.24) is 4.98 Å². The number of aliphatic hydroxyl groups is 1. The van der Waals surface area contributed by atoms with Crippen LogP contribution in [-0.4, -0.2) is 10.1 Å². The molecule has 0 saturated heterocycles. The standard InChI is InChI=1S/C16H23NO/c1-5-16(18)13-11(10-15(16)8-9-15)6-7-12(17-13)14(2,3)4/h6-7,18H,5,8-10H2,1-4H3. The Morgan fingerprint density at radius 1 is 1.28 bits per heavy atom. The minimum Gasteiger partial charge on any atom is -0.383 e. The molecule has 1 aromatic heterocycles. The van der Waals surface area contributed by atoms with Crippen molar-refractivity contribution in [3.8, 4) is 0 Å². The van der Waals surface area contributed by atoms with Crippen molar-refractivity contribution in [2.45, 2.75) is 64.4 Å². The first-order valence-corrected chi connectivity index (χ1v) is 7.06. The molecule has 1 atom stereocenters. The van der Waals surface area contributed by atoms with E-state index in [0.717, 1.165) is 37.1 Å². The normalized spacial score (nSPS) is 28.5. The quantitative estimate of drug-likeness (QED) is 0.823. The predicted octanol–water partition coefficient (Wildman–Crippen LogP) is 3.31. The lowest BCUT2D eigenvalue weighted by Crippen LogP contribution is -2.33. The first-order chi connectivity index (χ1) is 8.32. The molecule has 0 aromatic carbocycles. The van der Waals surface area contributed by atoms with Gasteiger partial charge in [0.05, 0.1) is 5.69 Å². The molecule has 2 aliphatic carbocycles. The van der Waals surface area contributed by atoms with Crippen LogP contribution in [0.3, 0.4) is 0 Å². The van der Waals surface area contributed by atoms with Gasteiger partial charge in [-0.15, -0.1) is 0 Å². The smallest absolute Gasteiger partial charge is 0.112 e. The van der Waals surface area contributed by atoms with Crippen LogP contribution in [0, 0.1) is 5.41 Å². The summed E-state index contributed by atoms with van der Waals surface area (Å²) in [7, 11) is 0. The van der Waals surface area contributed by atoms with E-state index in [0.29, 0.717) is 0 Å². The Kier molecular flexibility index (Phi) is 2.27. The van der Waals surface area contributed by atoms with Gasteiger partial charge in [0.15, 0.2) is 0 Å². The molecule has 0 radical (unpaired) electrons. The maximum Gasteiger partial charge on any atom is 0.112 e. The summed E-state index contributed by atoms with van der Waals surface area (Å²) >= 11 is 0. The highest BCUT2D eigenvalue weighted by Crippen LogP contribution is 2.65. The van der Waals surface area contributed by atoms with Gasteiger partial charge in [-0.1, -0.05) is 33.8 Å². The van der Waals surface area contributed by atoms with Gasteiger partial charge in [0.25, 0.3) is 0 Å². The highest BCUT2D eigenvalue weighted by atomic mass is 16.3. The molecule has 1 N–H and O–H groups in total. The van der Waals surface area contributed by atoms with E-state index in [2.05, 4.69) is 39.8 Å².